The van der Waals surface area contributed by atoms with E-state index in [1.807, 2.05) is 30.5 Å². The molecule has 1 atom stereocenters. The summed E-state index contributed by atoms with van der Waals surface area (Å²) in [6.07, 6.45) is 2.61. The predicted molar refractivity (Wildman–Crippen MR) is 58.7 cm³/mol. The van der Waals surface area contributed by atoms with Crippen LogP contribution in [0.2, 0.25) is 0 Å². The molecule has 1 rings (SSSR count). The van der Waals surface area contributed by atoms with Gasteiger partial charge in [0.05, 0.1) is 5.92 Å². The first-order valence-corrected chi connectivity index (χ1v) is 5.72. The van der Waals surface area contributed by atoms with E-state index in [-0.39, 0.29) is 5.92 Å². The van der Waals surface area contributed by atoms with Crippen LogP contribution in [0.1, 0.15) is 12.5 Å². The molecule has 0 aromatic heterocycles. The molecule has 0 radical (unpaired) electrons. The van der Waals surface area contributed by atoms with E-state index in [1.54, 1.807) is 18.7 Å². The maximum atomic E-state index is 10.7. The molecule has 1 aromatic rings. The summed E-state index contributed by atoms with van der Waals surface area (Å²) < 4.78 is 0. The quantitative estimate of drug-likeness (QED) is 0.776. The van der Waals surface area contributed by atoms with E-state index >= 15 is 0 Å². The van der Waals surface area contributed by atoms with Crippen LogP contribution in [0.15, 0.2) is 29.2 Å². The molecule has 0 saturated carbocycles. The summed E-state index contributed by atoms with van der Waals surface area (Å²) in [7, 11) is 0. The molecule has 0 aliphatic rings. The van der Waals surface area contributed by atoms with Crippen LogP contribution >= 0.6 is 11.8 Å². The number of carboxylic acids is 1. The molecule has 0 aliphatic heterocycles. The van der Waals surface area contributed by atoms with Crippen LogP contribution in [0.5, 0.6) is 0 Å². The summed E-state index contributed by atoms with van der Waals surface area (Å²) >= 11 is 1.66. The largest absolute Gasteiger partial charge is 0.481 e. The third-order valence-corrected chi connectivity index (χ3v) is 2.98. The van der Waals surface area contributed by atoms with E-state index in [0.29, 0.717) is 6.42 Å². The summed E-state index contributed by atoms with van der Waals surface area (Å²) in [6, 6.07) is 7.93. The highest BCUT2D eigenvalue weighted by Crippen LogP contribution is 2.22. The third-order valence-electron chi connectivity index (χ3n) is 2.14. The second kappa shape index (κ2) is 5.05. The fourth-order valence-corrected chi connectivity index (χ4v) is 1.92. The van der Waals surface area contributed by atoms with Crippen molar-refractivity contribution < 1.29 is 9.90 Å². The highest BCUT2D eigenvalue weighted by atomic mass is 32.2. The molecule has 2 nitrogen and oxygen atoms in total. The lowest BCUT2D eigenvalue weighted by atomic mass is 10.0. The highest BCUT2D eigenvalue weighted by Gasteiger charge is 2.13. The lowest BCUT2D eigenvalue weighted by Crippen LogP contribution is -2.12. The molecule has 0 fully saturated rings. The Labute approximate surface area is 88.3 Å². The van der Waals surface area contributed by atoms with E-state index in [0.717, 1.165) is 5.56 Å². The van der Waals surface area contributed by atoms with Gasteiger partial charge < -0.3 is 5.11 Å². The van der Waals surface area contributed by atoms with E-state index in [4.69, 9.17) is 5.11 Å². The van der Waals surface area contributed by atoms with Crippen LogP contribution < -0.4 is 0 Å². The number of carbonyl (C=O) groups is 1. The molecule has 1 N–H and O–H groups in total. The minimum Gasteiger partial charge on any atom is -0.481 e. The first-order chi connectivity index (χ1) is 6.65. The van der Waals surface area contributed by atoms with Crippen molar-refractivity contribution in [2.75, 3.05) is 6.26 Å². The summed E-state index contributed by atoms with van der Waals surface area (Å²) in [5.41, 5.74) is 1.12. The zero-order valence-corrected chi connectivity index (χ0v) is 9.17. The first kappa shape index (κ1) is 11.1. The Bertz CT molecular complexity index is 323. The maximum Gasteiger partial charge on any atom is 0.306 e. The fraction of sp³-hybridized carbons (Fsp3) is 0.364. The number of benzene rings is 1. The highest BCUT2D eigenvalue weighted by molar-refractivity contribution is 7.98. The van der Waals surface area contributed by atoms with Crippen molar-refractivity contribution in [1.82, 2.24) is 0 Å². The zero-order chi connectivity index (χ0) is 10.6. The SMILES string of the molecule is CSc1ccccc1CC(C)C(=O)O. The van der Waals surface area contributed by atoms with Gasteiger partial charge in [0.25, 0.3) is 0 Å². The minimum absolute atomic E-state index is 0.316. The fourth-order valence-electron chi connectivity index (χ4n) is 1.29. The molecule has 0 spiro atoms. The Morgan fingerprint density at radius 3 is 2.71 bits per heavy atom. The molecule has 0 amide bonds. The molecule has 1 aromatic carbocycles. The summed E-state index contributed by atoms with van der Waals surface area (Å²) in [6.45, 7) is 1.74. The number of hydrogen-bond acceptors (Lipinski definition) is 2. The van der Waals surface area contributed by atoms with Crippen molar-refractivity contribution in [3.05, 3.63) is 29.8 Å². The number of aliphatic carboxylic acids is 1. The van der Waals surface area contributed by atoms with Crippen LogP contribution in [-0.4, -0.2) is 17.3 Å². The predicted octanol–water partition coefficient (Wildman–Crippen LogP) is 2.67. The van der Waals surface area contributed by atoms with E-state index < -0.39 is 5.97 Å². The third kappa shape index (κ3) is 2.77. The molecule has 0 aliphatic carbocycles. The Kier molecular flexibility index (Phi) is 4.01. The van der Waals surface area contributed by atoms with Crippen molar-refractivity contribution in [2.45, 2.75) is 18.2 Å². The monoisotopic (exact) mass is 210 g/mol. The van der Waals surface area contributed by atoms with Gasteiger partial charge in [0, 0.05) is 4.90 Å². The molecular formula is C11H14O2S. The van der Waals surface area contributed by atoms with E-state index in [1.165, 1.54) is 4.90 Å². The van der Waals surface area contributed by atoms with Gasteiger partial charge in [-0.25, -0.2) is 0 Å². The van der Waals surface area contributed by atoms with Gasteiger partial charge in [0.1, 0.15) is 0 Å². The molecule has 1 unspecified atom stereocenters. The van der Waals surface area contributed by atoms with Crippen LogP contribution in [0.3, 0.4) is 0 Å². The average Bonchev–Trinajstić information content (AvgIpc) is 2.18. The van der Waals surface area contributed by atoms with Crippen LogP contribution in [-0.2, 0) is 11.2 Å². The van der Waals surface area contributed by atoms with Gasteiger partial charge in [0.2, 0.25) is 0 Å². The average molecular weight is 210 g/mol. The van der Waals surface area contributed by atoms with Gasteiger partial charge in [-0.3, -0.25) is 4.79 Å². The number of carboxylic acid groups (broad SMARTS) is 1. The van der Waals surface area contributed by atoms with Gasteiger partial charge in [-0.1, -0.05) is 25.1 Å². The van der Waals surface area contributed by atoms with Crippen molar-refractivity contribution in [3.8, 4) is 0 Å². The van der Waals surface area contributed by atoms with E-state index in [2.05, 4.69) is 0 Å². The van der Waals surface area contributed by atoms with E-state index in [9.17, 15) is 4.79 Å². The van der Waals surface area contributed by atoms with Gasteiger partial charge in [-0.15, -0.1) is 11.8 Å². The lowest BCUT2D eigenvalue weighted by molar-refractivity contribution is -0.141. The van der Waals surface area contributed by atoms with Gasteiger partial charge in [-0.05, 0) is 24.3 Å². The molecule has 76 valence electrons. The first-order valence-electron chi connectivity index (χ1n) is 4.50. The second-order valence-corrected chi connectivity index (χ2v) is 4.10. The Morgan fingerprint density at radius 1 is 1.50 bits per heavy atom. The molecule has 0 bridgehead atoms. The molecule has 0 saturated heterocycles. The Morgan fingerprint density at radius 2 is 2.14 bits per heavy atom. The summed E-state index contributed by atoms with van der Waals surface area (Å²) in [5.74, 6) is -1.05. The van der Waals surface area contributed by atoms with Crippen molar-refractivity contribution in [1.29, 1.82) is 0 Å². The van der Waals surface area contributed by atoms with Crippen LogP contribution in [0, 0.1) is 5.92 Å². The standard InChI is InChI=1S/C11H14O2S/c1-8(11(12)13)7-9-5-3-4-6-10(9)14-2/h3-6,8H,7H2,1-2H3,(H,12,13). The normalized spacial score (nSPS) is 12.4. The lowest BCUT2D eigenvalue weighted by Gasteiger charge is -2.09. The molecular weight excluding hydrogens is 196 g/mol. The zero-order valence-electron chi connectivity index (χ0n) is 8.36. The van der Waals surface area contributed by atoms with Crippen molar-refractivity contribution >= 4 is 17.7 Å². The second-order valence-electron chi connectivity index (χ2n) is 3.26. The van der Waals surface area contributed by atoms with Gasteiger partial charge in [0.15, 0.2) is 0 Å². The smallest absolute Gasteiger partial charge is 0.306 e. The summed E-state index contributed by atoms with van der Waals surface area (Å²) in [5, 5.41) is 8.80. The molecule has 0 heterocycles. The minimum atomic E-state index is -0.735. The number of thioether (sulfide) groups is 1. The van der Waals surface area contributed by atoms with Crippen molar-refractivity contribution in [2.24, 2.45) is 5.92 Å². The van der Waals surface area contributed by atoms with Gasteiger partial charge >= 0.3 is 5.97 Å². The topological polar surface area (TPSA) is 37.3 Å². The number of hydrogen-bond donors (Lipinski definition) is 1. The molecule has 3 heteroatoms. The van der Waals surface area contributed by atoms with Gasteiger partial charge in [-0.2, -0.15) is 0 Å². The Balaban J connectivity index is 2.80. The van der Waals surface area contributed by atoms with Crippen LogP contribution in [0.25, 0.3) is 0 Å². The Hall–Kier alpha value is -0.960. The van der Waals surface area contributed by atoms with Crippen molar-refractivity contribution in [3.63, 3.8) is 0 Å². The summed E-state index contributed by atoms with van der Waals surface area (Å²) in [4.78, 5) is 11.9. The maximum absolute atomic E-state index is 10.7. The number of rotatable bonds is 4. The molecule has 14 heavy (non-hydrogen) atoms. The van der Waals surface area contributed by atoms with Crippen LogP contribution in [0.4, 0.5) is 0 Å².